The molecule has 1 amide bonds. The maximum atomic E-state index is 14.0. The number of hydrogen-bond donors (Lipinski definition) is 2. The predicted molar refractivity (Wildman–Crippen MR) is 147 cm³/mol. The lowest BCUT2D eigenvalue weighted by molar-refractivity contribution is -0.125. The first kappa shape index (κ1) is 24.9. The van der Waals surface area contributed by atoms with Crippen LogP contribution in [0.1, 0.15) is 24.3 Å². The fraction of sp³-hybridized carbons (Fsp3) is 0.276. The molecule has 2 aliphatic rings. The lowest BCUT2D eigenvalue weighted by atomic mass is 9.99. The zero-order valence-electron chi connectivity index (χ0n) is 21.5. The Labute approximate surface area is 224 Å². The van der Waals surface area contributed by atoms with Gasteiger partial charge in [-0.05, 0) is 61.9 Å². The molecule has 0 radical (unpaired) electrons. The van der Waals surface area contributed by atoms with Crippen molar-refractivity contribution in [1.29, 1.82) is 0 Å². The van der Waals surface area contributed by atoms with Crippen LogP contribution < -0.4 is 16.0 Å². The van der Waals surface area contributed by atoms with Gasteiger partial charge in [-0.25, -0.2) is 9.49 Å². The zero-order valence-corrected chi connectivity index (χ0v) is 21.5. The summed E-state index contributed by atoms with van der Waals surface area (Å²) in [5.41, 5.74) is 8.00. The van der Waals surface area contributed by atoms with E-state index in [4.69, 9.17) is 10.5 Å². The molecule has 6 rings (SSSR count). The van der Waals surface area contributed by atoms with E-state index in [1.165, 1.54) is 6.07 Å². The molecule has 0 bridgehead atoms. The Balaban J connectivity index is 1.28. The number of nitrogens with one attached hydrogen (secondary N) is 1. The molecule has 0 saturated carbocycles. The summed E-state index contributed by atoms with van der Waals surface area (Å²) in [4.78, 5) is 29.9. The standard InChI is InChI=1S/C29H29FN6O3/c1-34-14-13-19(34)8-11-25(37)35-15-12-18(16-35)22-17-36(27-26(22)29(38)33-32-28(27)31)20-6-9-21(10-7-20)39-24-5-3-2-4-23(24)30/h2-11,17-19H,12-16H2,1H3,(H2,31,32)(H,33,38)/b11-8+. The molecule has 10 heteroatoms. The van der Waals surface area contributed by atoms with Gasteiger partial charge in [-0.2, -0.15) is 5.10 Å². The Bertz CT molecular complexity index is 1630. The number of carbonyl (C=O) groups is 1. The highest BCUT2D eigenvalue weighted by atomic mass is 19.1. The molecular formula is C29H29FN6O3. The zero-order chi connectivity index (χ0) is 27.1. The number of rotatable bonds is 6. The molecule has 2 aromatic heterocycles. The maximum absolute atomic E-state index is 14.0. The molecule has 2 unspecified atom stereocenters. The highest BCUT2D eigenvalue weighted by Gasteiger charge is 2.31. The van der Waals surface area contributed by atoms with Crippen molar-refractivity contribution in [3.63, 3.8) is 0 Å². The van der Waals surface area contributed by atoms with Crippen LogP contribution in [-0.2, 0) is 4.79 Å². The summed E-state index contributed by atoms with van der Waals surface area (Å²) in [6.45, 7) is 2.17. The van der Waals surface area contributed by atoms with E-state index >= 15 is 0 Å². The summed E-state index contributed by atoms with van der Waals surface area (Å²) >= 11 is 0. The molecule has 200 valence electrons. The Hall–Kier alpha value is -4.44. The van der Waals surface area contributed by atoms with Gasteiger partial charge in [0, 0.05) is 49.6 Å². The van der Waals surface area contributed by atoms with Crippen molar-refractivity contribution in [3.05, 3.63) is 88.6 Å². The molecule has 2 atom stereocenters. The monoisotopic (exact) mass is 528 g/mol. The van der Waals surface area contributed by atoms with Crippen molar-refractivity contribution in [3.8, 4) is 17.2 Å². The lowest BCUT2D eigenvalue weighted by Gasteiger charge is -2.35. The molecule has 9 nitrogen and oxygen atoms in total. The number of nitrogens with zero attached hydrogens (tertiary/aromatic N) is 4. The second-order valence-corrected chi connectivity index (χ2v) is 10.1. The van der Waals surface area contributed by atoms with Crippen molar-refractivity contribution in [2.75, 3.05) is 32.4 Å². The van der Waals surface area contributed by atoms with Crippen LogP contribution >= 0.6 is 0 Å². The number of H-pyrrole nitrogens is 1. The van der Waals surface area contributed by atoms with Gasteiger partial charge in [0.2, 0.25) is 5.91 Å². The summed E-state index contributed by atoms with van der Waals surface area (Å²) in [7, 11) is 2.05. The topological polar surface area (TPSA) is 109 Å². The highest BCUT2D eigenvalue weighted by Crippen LogP contribution is 2.36. The number of anilines is 1. The molecule has 2 fully saturated rings. The average Bonchev–Trinajstić information content (AvgIpc) is 3.58. The molecule has 4 aromatic rings. The lowest BCUT2D eigenvalue weighted by Crippen LogP contribution is -2.43. The molecular weight excluding hydrogens is 499 g/mol. The van der Waals surface area contributed by atoms with E-state index in [2.05, 4.69) is 15.1 Å². The first-order valence-corrected chi connectivity index (χ1v) is 13.0. The number of aromatic amines is 1. The maximum Gasteiger partial charge on any atom is 0.274 e. The number of para-hydroxylation sites is 1. The van der Waals surface area contributed by atoms with E-state index in [0.717, 1.165) is 30.6 Å². The van der Waals surface area contributed by atoms with Gasteiger partial charge in [-0.15, -0.1) is 0 Å². The summed E-state index contributed by atoms with van der Waals surface area (Å²) in [5, 5.41) is 6.97. The third-order valence-corrected chi connectivity index (χ3v) is 7.71. The second kappa shape index (κ2) is 10.0. The third-order valence-electron chi connectivity index (χ3n) is 7.71. The van der Waals surface area contributed by atoms with Crippen LogP contribution in [-0.4, -0.2) is 63.2 Å². The SMILES string of the molecule is CN1CCC1/C=C/C(=O)N1CCC(c2cn(-c3ccc(Oc4ccccc4F)cc3)c3c(N)n[nH]c(=O)c23)C1. The van der Waals surface area contributed by atoms with Crippen molar-refractivity contribution < 1.29 is 13.9 Å². The molecule has 0 aliphatic carbocycles. The summed E-state index contributed by atoms with van der Waals surface area (Å²) in [5.74, 6) is 0.312. The van der Waals surface area contributed by atoms with Crippen molar-refractivity contribution in [2.24, 2.45) is 0 Å². The van der Waals surface area contributed by atoms with Crippen LogP contribution in [0.5, 0.6) is 11.5 Å². The van der Waals surface area contributed by atoms with Crippen LogP contribution in [0, 0.1) is 5.82 Å². The fourth-order valence-corrected chi connectivity index (χ4v) is 5.37. The number of nitrogen functional groups attached to an aromatic ring is 1. The first-order chi connectivity index (χ1) is 18.9. The van der Waals surface area contributed by atoms with Crippen LogP contribution in [0.15, 0.2) is 71.7 Å². The quantitative estimate of drug-likeness (QED) is 0.369. The number of nitrogens with two attached hydrogens (primary N) is 1. The minimum atomic E-state index is -0.448. The van der Waals surface area contributed by atoms with Crippen molar-refractivity contribution in [1.82, 2.24) is 24.6 Å². The van der Waals surface area contributed by atoms with E-state index in [1.54, 1.807) is 36.4 Å². The molecule has 0 spiro atoms. The molecule has 2 aliphatic heterocycles. The average molecular weight is 529 g/mol. The number of likely N-dealkylation sites (N-methyl/N-ethyl adjacent to an activating group) is 1. The summed E-state index contributed by atoms with van der Waals surface area (Å²) < 4.78 is 21.5. The molecule has 2 saturated heterocycles. The minimum Gasteiger partial charge on any atom is -0.454 e. The van der Waals surface area contributed by atoms with Gasteiger partial charge in [0.05, 0.1) is 5.39 Å². The fourth-order valence-electron chi connectivity index (χ4n) is 5.37. The van der Waals surface area contributed by atoms with E-state index < -0.39 is 5.82 Å². The largest absolute Gasteiger partial charge is 0.454 e. The number of ether oxygens (including phenoxy) is 1. The predicted octanol–water partition coefficient (Wildman–Crippen LogP) is 3.80. The highest BCUT2D eigenvalue weighted by molar-refractivity contribution is 5.93. The van der Waals surface area contributed by atoms with Crippen molar-refractivity contribution >= 4 is 22.6 Å². The molecule has 2 aromatic carbocycles. The molecule has 3 N–H and O–H groups in total. The minimum absolute atomic E-state index is 0.0120. The molecule has 39 heavy (non-hydrogen) atoms. The van der Waals surface area contributed by atoms with Crippen molar-refractivity contribution in [2.45, 2.75) is 24.8 Å². The van der Waals surface area contributed by atoms with E-state index in [9.17, 15) is 14.0 Å². The Kier molecular flexibility index (Phi) is 6.40. The Morgan fingerprint density at radius 3 is 2.67 bits per heavy atom. The Morgan fingerprint density at radius 1 is 1.15 bits per heavy atom. The van der Waals surface area contributed by atoms with Gasteiger partial charge in [0.25, 0.3) is 5.56 Å². The Morgan fingerprint density at radius 2 is 1.95 bits per heavy atom. The number of amides is 1. The van der Waals surface area contributed by atoms with Crippen LogP contribution in [0.2, 0.25) is 0 Å². The van der Waals surface area contributed by atoms with Gasteiger partial charge < -0.3 is 19.9 Å². The summed E-state index contributed by atoms with van der Waals surface area (Å²) in [6, 6.07) is 13.6. The van der Waals surface area contributed by atoms with Gasteiger partial charge in [0.15, 0.2) is 17.4 Å². The number of carbonyl (C=O) groups excluding carboxylic acids is 1. The summed E-state index contributed by atoms with van der Waals surface area (Å²) in [6.07, 6.45) is 7.35. The normalized spacial score (nSPS) is 19.6. The van der Waals surface area contributed by atoms with E-state index in [-0.39, 0.29) is 29.0 Å². The van der Waals surface area contributed by atoms with E-state index in [1.807, 2.05) is 40.9 Å². The van der Waals surface area contributed by atoms with Gasteiger partial charge in [-0.1, -0.05) is 18.2 Å². The van der Waals surface area contributed by atoms with Crippen LogP contribution in [0.3, 0.4) is 0 Å². The first-order valence-electron chi connectivity index (χ1n) is 13.0. The number of halogens is 1. The van der Waals surface area contributed by atoms with E-state index in [0.29, 0.717) is 35.8 Å². The number of hydrogen-bond acceptors (Lipinski definition) is 6. The van der Waals surface area contributed by atoms with Gasteiger partial charge in [-0.3, -0.25) is 14.5 Å². The second-order valence-electron chi connectivity index (χ2n) is 10.1. The van der Waals surface area contributed by atoms with Crippen LogP contribution in [0.4, 0.5) is 10.2 Å². The number of benzene rings is 2. The smallest absolute Gasteiger partial charge is 0.274 e. The van der Waals surface area contributed by atoms with Crippen LogP contribution in [0.25, 0.3) is 16.6 Å². The van der Waals surface area contributed by atoms with Gasteiger partial charge >= 0.3 is 0 Å². The molecule has 4 heterocycles. The number of likely N-dealkylation sites (tertiary alicyclic amines) is 2. The number of fused-ring (bicyclic) bond motifs is 1. The third kappa shape index (κ3) is 4.67. The number of aromatic nitrogens is 3. The van der Waals surface area contributed by atoms with Gasteiger partial charge in [0.1, 0.15) is 11.3 Å².